The number of hydrogen-bond donors (Lipinski definition) is 2. The summed E-state index contributed by atoms with van der Waals surface area (Å²) in [5.41, 5.74) is 2.72. The molecule has 0 bridgehead atoms. The number of aryl methyl sites for hydroxylation is 1. The van der Waals surface area contributed by atoms with Crippen molar-refractivity contribution in [3.63, 3.8) is 0 Å². The number of benzene rings is 2. The van der Waals surface area contributed by atoms with E-state index in [9.17, 15) is 10.1 Å². The Morgan fingerprint density at radius 3 is 2.50 bits per heavy atom. The van der Waals surface area contributed by atoms with Crippen LogP contribution in [0, 0.1) is 18.3 Å². The summed E-state index contributed by atoms with van der Waals surface area (Å²) in [5, 5.41) is 13.1. The quantitative estimate of drug-likeness (QED) is 0.802. The minimum atomic E-state index is -0.472. The lowest BCUT2D eigenvalue weighted by Gasteiger charge is -2.38. The Kier molecular flexibility index (Phi) is 4.52. The van der Waals surface area contributed by atoms with E-state index < -0.39 is 12.1 Å². The van der Waals surface area contributed by atoms with Crippen molar-refractivity contribution < 1.29 is 4.79 Å². The SMILES string of the molecule is Cc1ccccc1N1C(S)=C(C#N)C(=O)N[C@@H]1c1ccc(Cl)cc1. The van der Waals surface area contributed by atoms with Crippen molar-refractivity contribution in [1.29, 1.82) is 5.26 Å². The van der Waals surface area contributed by atoms with Crippen molar-refractivity contribution in [1.82, 2.24) is 5.32 Å². The summed E-state index contributed by atoms with van der Waals surface area (Å²) in [5.74, 6) is -0.438. The highest BCUT2D eigenvalue weighted by Gasteiger charge is 2.34. The molecule has 3 rings (SSSR count). The van der Waals surface area contributed by atoms with Crippen LogP contribution in [0.2, 0.25) is 5.02 Å². The lowest BCUT2D eigenvalue weighted by molar-refractivity contribution is -0.118. The lowest BCUT2D eigenvalue weighted by Crippen LogP contribution is -2.46. The molecule has 0 unspecified atom stereocenters. The van der Waals surface area contributed by atoms with Gasteiger partial charge in [-0.3, -0.25) is 4.79 Å². The Morgan fingerprint density at radius 1 is 1.21 bits per heavy atom. The van der Waals surface area contributed by atoms with Crippen molar-refractivity contribution in [2.24, 2.45) is 0 Å². The number of carbonyl (C=O) groups is 1. The summed E-state index contributed by atoms with van der Waals surface area (Å²) < 4.78 is 0. The highest BCUT2D eigenvalue weighted by atomic mass is 35.5. The fourth-order valence-electron chi connectivity index (χ4n) is 2.67. The van der Waals surface area contributed by atoms with Gasteiger partial charge in [0, 0.05) is 10.7 Å². The van der Waals surface area contributed by atoms with Crippen LogP contribution in [-0.2, 0) is 4.79 Å². The summed E-state index contributed by atoms with van der Waals surface area (Å²) in [6.07, 6.45) is -0.472. The van der Waals surface area contributed by atoms with E-state index in [0.29, 0.717) is 10.1 Å². The Labute approximate surface area is 150 Å². The summed E-state index contributed by atoms with van der Waals surface area (Å²) in [7, 11) is 0. The maximum Gasteiger partial charge on any atom is 0.266 e. The number of amides is 1. The number of carbonyl (C=O) groups excluding carboxylic acids is 1. The van der Waals surface area contributed by atoms with Crippen LogP contribution in [0.5, 0.6) is 0 Å². The van der Waals surface area contributed by atoms with Crippen LogP contribution in [0.25, 0.3) is 0 Å². The van der Waals surface area contributed by atoms with E-state index in [1.54, 1.807) is 12.1 Å². The number of nitrogens with zero attached hydrogens (tertiary/aromatic N) is 2. The molecule has 0 fully saturated rings. The number of anilines is 1. The zero-order valence-electron chi connectivity index (χ0n) is 12.8. The van der Waals surface area contributed by atoms with E-state index in [-0.39, 0.29) is 5.57 Å². The largest absolute Gasteiger partial charge is 0.327 e. The maximum absolute atomic E-state index is 12.3. The molecule has 0 saturated carbocycles. The number of nitrogens with one attached hydrogen (secondary N) is 1. The van der Waals surface area contributed by atoms with Crippen molar-refractivity contribution in [2.75, 3.05) is 4.90 Å². The molecule has 4 nitrogen and oxygen atoms in total. The van der Waals surface area contributed by atoms with Gasteiger partial charge in [-0.2, -0.15) is 5.26 Å². The standard InChI is InChI=1S/C18H14ClN3OS/c1-11-4-2-3-5-15(11)22-16(12-6-8-13(19)9-7-12)21-17(23)14(10-20)18(22)24/h2-9,16,24H,1H3,(H,21,23)/t16-/m0/s1. The van der Waals surface area contributed by atoms with Gasteiger partial charge in [-0.1, -0.05) is 41.9 Å². The van der Waals surface area contributed by atoms with Gasteiger partial charge >= 0.3 is 0 Å². The minimum absolute atomic E-state index is 0.00759. The Bertz CT molecular complexity index is 871. The van der Waals surface area contributed by atoms with Crippen LogP contribution in [0.15, 0.2) is 59.1 Å². The van der Waals surface area contributed by atoms with Gasteiger partial charge < -0.3 is 10.2 Å². The molecule has 2 aromatic rings. The first-order chi connectivity index (χ1) is 11.5. The predicted molar refractivity (Wildman–Crippen MR) is 97.6 cm³/mol. The molecule has 1 aliphatic heterocycles. The van der Waals surface area contributed by atoms with Gasteiger partial charge in [-0.05, 0) is 36.2 Å². The number of para-hydroxylation sites is 1. The second kappa shape index (κ2) is 6.60. The third-order valence-corrected chi connectivity index (χ3v) is 4.57. The van der Waals surface area contributed by atoms with Crippen LogP contribution in [0.4, 0.5) is 5.69 Å². The minimum Gasteiger partial charge on any atom is -0.327 e. The molecule has 1 N–H and O–H groups in total. The maximum atomic E-state index is 12.3. The fraction of sp³-hybridized carbons (Fsp3) is 0.111. The molecule has 1 aliphatic rings. The molecule has 24 heavy (non-hydrogen) atoms. The molecule has 0 saturated heterocycles. The van der Waals surface area contributed by atoms with Crippen LogP contribution in [0.1, 0.15) is 17.3 Å². The molecule has 1 amide bonds. The van der Waals surface area contributed by atoms with Crippen molar-refractivity contribution in [3.05, 3.63) is 75.3 Å². The van der Waals surface area contributed by atoms with Crippen LogP contribution in [-0.4, -0.2) is 5.91 Å². The van der Waals surface area contributed by atoms with Crippen LogP contribution in [0.3, 0.4) is 0 Å². The zero-order chi connectivity index (χ0) is 17.3. The topological polar surface area (TPSA) is 56.1 Å². The molecule has 0 spiro atoms. The smallest absolute Gasteiger partial charge is 0.266 e. The molecule has 0 radical (unpaired) electrons. The first-order valence-corrected chi connectivity index (χ1v) is 8.10. The van der Waals surface area contributed by atoms with Gasteiger partial charge in [0.25, 0.3) is 5.91 Å². The van der Waals surface area contributed by atoms with Gasteiger partial charge in [0.2, 0.25) is 0 Å². The number of hydrogen-bond acceptors (Lipinski definition) is 4. The van der Waals surface area contributed by atoms with Gasteiger partial charge in [0.15, 0.2) is 0 Å². The monoisotopic (exact) mass is 355 g/mol. The predicted octanol–water partition coefficient (Wildman–Crippen LogP) is 3.95. The Balaban J connectivity index is 2.19. The molecule has 1 heterocycles. The van der Waals surface area contributed by atoms with E-state index in [1.165, 1.54) is 0 Å². The molecule has 1 atom stereocenters. The van der Waals surface area contributed by atoms with Gasteiger partial charge in [0.1, 0.15) is 17.8 Å². The third kappa shape index (κ3) is 2.86. The van der Waals surface area contributed by atoms with E-state index in [4.69, 9.17) is 11.6 Å². The van der Waals surface area contributed by atoms with Gasteiger partial charge in [-0.25, -0.2) is 0 Å². The Hall–Kier alpha value is -2.42. The second-order valence-corrected chi connectivity index (χ2v) is 6.25. The average molecular weight is 356 g/mol. The summed E-state index contributed by atoms with van der Waals surface area (Å²) in [6.45, 7) is 1.97. The van der Waals surface area contributed by atoms with Crippen LogP contribution < -0.4 is 10.2 Å². The molecule has 0 aliphatic carbocycles. The van der Waals surface area contributed by atoms with Crippen molar-refractivity contribution in [2.45, 2.75) is 13.1 Å². The summed E-state index contributed by atoms with van der Waals surface area (Å²) in [6, 6.07) is 16.9. The van der Waals surface area contributed by atoms with E-state index in [0.717, 1.165) is 16.8 Å². The molecule has 120 valence electrons. The van der Waals surface area contributed by atoms with Crippen molar-refractivity contribution >= 4 is 35.8 Å². The number of thiol groups is 1. The zero-order valence-corrected chi connectivity index (χ0v) is 14.5. The van der Waals surface area contributed by atoms with E-state index >= 15 is 0 Å². The summed E-state index contributed by atoms with van der Waals surface area (Å²) in [4.78, 5) is 14.1. The normalized spacial score (nSPS) is 17.5. The first kappa shape index (κ1) is 16.4. The van der Waals surface area contributed by atoms with E-state index in [1.807, 2.05) is 54.3 Å². The van der Waals surface area contributed by atoms with Crippen molar-refractivity contribution in [3.8, 4) is 6.07 Å². The average Bonchev–Trinajstić information content (AvgIpc) is 2.57. The third-order valence-electron chi connectivity index (χ3n) is 3.88. The first-order valence-electron chi connectivity index (χ1n) is 7.27. The molecule has 0 aromatic heterocycles. The lowest BCUT2D eigenvalue weighted by atomic mass is 10.1. The van der Waals surface area contributed by atoms with Gasteiger partial charge in [0.05, 0.1) is 5.03 Å². The number of halogens is 1. The number of rotatable bonds is 2. The highest BCUT2D eigenvalue weighted by Crippen LogP contribution is 2.37. The van der Waals surface area contributed by atoms with Gasteiger partial charge in [-0.15, -0.1) is 12.6 Å². The highest BCUT2D eigenvalue weighted by molar-refractivity contribution is 7.84. The second-order valence-electron chi connectivity index (χ2n) is 5.39. The molecular weight excluding hydrogens is 342 g/mol. The molecule has 6 heteroatoms. The molecular formula is C18H14ClN3OS. The fourth-order valence-corrected chi connectivity index (χ4v) is 3.17. The summed E-state index contributed by atoms with van der Waals surface area (Å²) >= 11 is 10.4. The van der Waals surface area contributed by atoms with E-state index in [2.05, 4.69) is 17.9 Å². The van der Waals surface area contributed by atoms with Crippen LogP contribution >= 0.6 is 24.2 Å². The molecule has 2 aromatic carbocycles. The number of nitriles is 1. The Morgan fingerprint density at radius 2 is 1.88 bits per heavy atom.